The number of nitrogens with one attached hydrogen (secondary N) is 3. The number of hydrogen-bond donors (Lipinski definition) is 4. The van der Waals surface area contributed by atoms with Crippen LogP contribution in [0.5, 0.6) is 0 Å². The Morgan fingerprint density at radius 2 is 1.71 bits per heavy atom. The molecule has 9 heteroatoms. The summed E-state index contributed by atoms with van der Waals surface area (Å²) < 4.78 is 6.74. The number of rotatable bonds is 11. The van der Waals surface area contributed by atoms with Crippen molar-refractivity contribution >= 4 is 48.5 Å². The lowest BCUT2D eigenvalue weighted by Crippen LogP contribution is -2.41. The summed E-state index contributed by atoms with van der Waals surface area (Å²) in [7, 11) is -1.71. The third-order valence-corrected chi connectivity index (χ3v) is 11.2. The van der Waals surface area contributed by atoms with Gasteiger partial charge in [-0.05, 0) is 54.5 Å². The van der Waals surface area contributed by atoms with E-state index in [4.69, 9.17) is 16.0 Å². The van der Waals surface area contributed by atoms with Crippen molar-refractivity contribution in [1.29, 1.82) is 0 Å². The number of amides is 1. The molecule has 0 saturated heterocycles. The third-order valence-electron chi connectivity index (χ3n) is 5.42. The van der Waals surface area contributed by atoms with Crippen molar-refractivity contribution in [3.8, 4) is 0 Å². The molecule has 0 aliphatic carbocycles. The second-order valence-electron chi connectivity index (χ2n) is 8.96. The van der Waals surface area contributed by atoms with Gasteiger partial charge in [0.05, 0.1) is 21.9 Å². The number of thiophene rings is 1. The molecule has 1 aromatic heterocycles. The second kappa shape index (κ2) is 11.3. The Bertz CT molecular complexity index is 837. The molecule has 1 unspecified atom stereocenters. The SMILES string of the molecule is CC(C)(C)[Si](C)(C)OCCNc1ccc(NCC(O)CNC(=O)c2ccc(Cl)s2)cc1. The molecule has 1 atom stereocenters. The zero-order valence-corrected chi connectivity index (χ0v) is 21.5. The van der Waals surface area contributed by atoms with Gasteiger partial charge in [-0.25, -0.2) is 0 Å². The van der Waals surface area contributed by atoms with Crippen LogP contribution in [-0.2, 0) is 4.43 Å². The molecule has 4 N–H and O–H groups in total. The summed E-state index contributed by atoms with van der Waals surface area (Å²) in [6, 6.07) is 11.2. The highest BCUT2D eigenvalue weighted by molar-refractivity contribution is 7.18. The number of hydrogen-bond acceptors (Lipinski definition) is 6. The molecule has 0 bridgehead atoms. The van der Waals surface area contributed by atoms with Crippen molar-refractivity contribution in [1.82, 2.24) is 5.32 Å². The Labute approximate surface area is 195 Å². The maximum Gasteiger partial charge on any atom is 0.261 e. The number of aliphatic hydroxyl groups excluding tert-OH is 1. The van der Waals surface area contributed by atoms with Crippen LogP contribution in [0.3, 0.4) is 0 Å². The van der Waals surface area contributed by atoms with Crippen molar-refractivity contribution in [2.24, 2.45) is 0 Å². The highest BCUT2D eigenvalue weighted by Crippen LogP contribution is 2.36. The minimum Gasteiger partial charge on any atom is -0.415 e. The lowest BCUT2D eigenvalue weighted by atomic mass is 10.2. The van der Waals surface area contributed by atoms with Crippen molar-refractivity contribution in [3.05, 3.63) is 45.6 Å². The van der Waals surface area contributed by atoms with Crippen LogP contribution >= 0.6 is 22.9 Å². The van der Waals surface area contributed by atoms with Crippen LogP contribution in [0.2, 0.25) is 22.5 Å². The summed E-state index contributed by atoms with van der Waals surface area (Å²) in [5.74, 6) is -0.232. The number of carbonyl (C=O) groups excluding carboxylic acids is 1. The average molecular weight is 484 g/mol. The fraction of sp³-hybridized carbons (Fsp3) is 0.500. The molecule has 0 spiro atoms. The first-order valence-electron chi connectivity index (χ1n) is 10.4. The first-order valence-corrected chi connectivity index (χ1v) is 14.5. The van der Waals surface area contributed by atoms with Gasteiger partial charge in [0.15, 0.2) is 8.32 Å². The van der Waals surface area contributed by atoms with Crippen LogP contribution in [0.25, 0.3) is 0 Å². The van der Waals surface area contributed by atoms with E-state index in [2.05, 4.69) is 49.8 Å². The molecule has 0 saturated carbocycles. The van der Waals surface area contributed by atoms with Crippen LogP contribution in [0.15, 0.2) is 36.4 Å². The topological polar surface area (TPSA) is 82.6 Å². The van der Waals surface area contributed by atoms with Crippen molar-refractivity contribution in [2.75, 3.05) is 36.9 Å². The van der Waals surface area contributed by atoms with Crippen molar-refractivity contribution < 1.29 is 14.3 Å². The van der Waals surface area contributed by atoms with Gasteiger partial charge in [-0.1, -0.05) is 32.4 Å². The Balaban J connectivity index is 1.67. The lowest BCUT2D eigenvalue weighted by Gasteiger charge is -2.36. The van der Waals surface area contributed by atoms with E-state index < -0.39 is 14.4 Å². The molecule has 0 aliphatic rings. The molecule has 2 rings (SSSR count). The van der Waals surface area contributed by atoms with Gasteiger partial charge in [0.2, 0.25) is 0 Å². The summed E-state index contributed by atoms with van der Waals surface area (Å²) in [5.41, 5.74) is 1.92. The molecular formula is C22H34ClN3O3SSi. The lowest BCUT2D eigenvalue weighted by molar-refractivity contribution is 0.0926. The van der Waals surface area contributed by atoms with Crippen LogP contribution in [0.4, 0.5) is 11.4 Å². The summed E-state index contributed by atoms with van der Waals surface area (Å²) in [6.45, 7) is 13.2. The first kappa shape index (κ1) is 25.7. The van der Waals surface area contributed by atoms with Gasteiger partial charge in [-0.2, -0.15) is 0 Å². The standard InChI is InChI=1S/C22H34ClN3O3SSi/c1-22(2,3)31(4,5)29-13-12-24-16-6-8-17(9-7-16)25-14-18(27)15-26-21(28)19-10-11-20(23)30-19/h6-11,18,24-25,27H,12-15H2,1-5H3,(H,26,28). The van der Waals surface area contributed by atoms with E-state index in [0.717, 1.165) is 17.9 Å². The fourth-order valence-corrected chi connectivity index (χ4v) is 4.47. The van der Waals surface area contributed by atoms with Gasteiger partial charge < -0.3 is 25.5 Å². The summed E-state index contributed by atoms with van der Waals surface area (Å²) >= 11 is 7.05. The summed E-state index contributed by atoms with van der Waals surface area (Å²) in [4.78, 5) is 12.5. The maximum absolute atomic E-state index is 12.0. The predicted octanol–water partition coefficient (Wildman–Crippen LogP) is 5.04. The van der Waals surface area contributed by atoms with E-state index in [-0.39, 0.29) is 17.5 Å². The van der Waals surface area contributed by atoms with Crippen LogP contribution in [-0.4, -0.2) is 51.7 Å². The normalized spacial score (nSPS) is 13.0. The number of carbonyl (C=O) groups is 1. The Morgan fingerprint density at radius 3 is 2.26 bits per heavy atom. The Morgan fingerprint density at radius 1 is 1.10 bits per heavy atom. The van der Waals surface area contributed by atoms with Crippen LogP contribution < -0.4 is 16.0 Å². The molecule has 6 nitrogen and oxygen atoms in total. The first-order chi connectivity index (χ1) is 14.5. The van der Waals surface area contributed by atoms with Crippen LogP contribution in [0.1, 0.15) is 30.4 Å². The van der Waals surface area contributed by atoms with E-state index >= 15 is 0 Å². The molecule has 1 heterocycles. The zero-order chi connectivity index (χ0) is 23.1. The molecule has 31 heavy (non-hydrogen) atoms. The third kappa shape index (κ3) is 8.46. The van der Waals surface area contributed by atoms with Gasteiger partial charge in [-0.3, -0.25) is 4.79 Å². The number of anilines is 2. The number of aliphatic hydroxyl groups is 1. The zero-order valence-electron chi connectivity index (χ0n) is 18.9. The van der Waals surface area contributed by atoms with Crippen molar-refractivity contribution in [2.45, 2.75) is 45.0 Å². The highest BCUT2D eigenvalue weighted by atomic mass is 35.5. The molecule has 0 aliphatic heterocycles. The van der Waals surface area contributed by atoms with Gasteiger partial charge >= 0.3 is 0 Å². The molecule has 0 fully saturated rings. The van der Waals surface area contributed by atoms with Gasteiger partial charge in [0.1, 0.15) is 0 Å². The van der Waals surface area contributed by atoms with E-state index in [1.807, 2.05) is 24.3 Å². The number of benzene rings is 1. The van der Waals surface area contributed by atoms with Crippen LogP contribution in [0, 0.1) is 0 Å². The summed E-state index contributed by atoms with van der Waals surface area (Å²) in [6.07, 6.45) is -0.704. The van der Waals surface area contributed by atoms with Gasteiger partial charge in [0, 0.05) is 31.0 Å². The minimum atomic E-state index is -1.71. The molecule has 1 aromatic carbocycles. The minimum absolute atomic E-state index is 0.162. The second-order valence-corrected chi connectivity index (χ2v) is 15.5. The fourth-order valence-electron chi connectivity index (χ4n) is 2.47. The number of halogens is 1. The molecule has 0 radical (unpaired) electrons. The quantitative estimate of drug-likeness (QED) is 0.266. The Kier molecular flexibility index (Phi) is 9.39. The molecule has 2 aromatic rings. The predicted molar refractivity (Wildman–Crippen MR) is 134 cm³/mol. The smallest absolute Gasteiger partial charge is 0.261 e. The average Bonchev–Trinajstić information content (AvgIpc) is 3.14. The van der Waals surface area contributed by atoms with E-state index in [1.165, 1.54) is 11.3 Å². The highest BCUT2D eigenvalue weighted by Gasteiger charge is 2.36. The Hall–Kier alpha value is -1.58. The largest absolute Gasteiger partial charge is 0.415 e. The maximum atomic E-state index is 12.0. The van der Waals surface area contributed by atoms with Gasteiger partial charge in [-0.15, -0.1) is 11.3 Å². The van der Waals surface area contributed by atoms with E-state index in [0.29, 0.717) is 22.4 Å². The summed E-state index contributed by atoms with van der Waals surface area (Å²) in [5, 5.41) is 19.6. The molecule has 172 valence electrons. The van der Waals surface area contributed by atoms with Crippen molar-refractivity contribution in [3.63, 3.8) is 0 Å². The monoisotopic (exact) mass is 483 g/mol. The molecule has 1 amide bonds. The molecular weight excluding hydrogens is 450 g/mol. The van der Waals surface area contributed by atoms with Gasteiger partial charge in [0.25, 0.3) is 5.91 Å². The van der Waals surface area contributed by atoms with E-state index in [9.17, 15) is 9.90 Å². The van der Waals surface area contributed by atoms with E-state index in [1.54, 1.807) is 12.1 Å².